The van der Waals surface area contributed by atoms with E-state index in [0.717, 1.165) is 58.8 Å². The van der Waals surface area contributed by atoms with Crippen molar-refractivity contribution < 1.29 is 24.5 Å². The highest BCUT2D eigenvalue weighted by molar-refractivity contribution is 7.94. The summed E-state index contributed by atoms with van der Waals surface area (Å²) >= 11 is 0.882. The first-order chi connectivity index (χ1) is 19.5. The molecular formula is C32H33N2O5S-. The van der Waals surface area contributed by atoms with Crippen LogP contribution in [0.5, 0.6) is 0 Å². The zero-order chi connectivity index (χ0) is 28.2. The van der Waals surface area contributed by atoms with Crippen LogP contribution in [-0.2, 0) is 26.1 Å². The zero-order valence-corrected chi connectivity index (χ0v) is 23.3. The minimum atomic E-state index is -0.767. The smallest absolute Gasteiger partial charge is 0.303 e. The average molecular weight is 558 g/mol. The van der Waals surface area contributed by atoms with Gasteiger partial charge in [-0.1, -0.05) is 67.4 Å². The molecule has 0 saturated carbocycles. The second kappa shape index (κ2) is 14.6. The Morgan fingerprint density at radius 3 is 2.50 bits per heavy atom. The van der Waals surface area contributed by atoms with E-state index in [1.54, 1.807) is 6.21 Å². The summed E-state index contributed by atoms with van der Waals surface area (Å²) in [4.78, 5) is 18.6. The summed E-state index contributed by atoms with van der Waals surface area (Å²) in [5.41, 5.74) is 5.06. The number of benzene rings is 3. The van der Waals surface area contributed by atoms with Crippen molar-refractivity contribution in [3.05, 3.63) is 114 Å². The van der Waals surface area contributed by atoms with E-state index in [1.807, 2.05) is 66.7 Å². The Bertz CT molecular complexity index is 1340. The standard InChI is InChI=1S/C32H34N2O5S/c1-32(21-11-4-9-18-31(35)36)28-23-27(40-39-38-37)19-20-29(28)34(24-25-13-5-2-6-14-25)30(32)17-10-12-22-33-26-15-7-3-8-16-26/h2-3,5-8,10,12-17,19-20,22-23,37H,4,9,11,18,21,24H2,1H3,(H,35,36)/p-1/b12-10+,30-17-,33-22?/t32-/m1/s1. The fourth-order valence-corrected chi connectivity index (χ4v) is 5.50. The summed E-state index contributed by atoms with van der Waals surface area (Å²) in [6.07, 6.45) is 11.2. The number of carbonyl (C=O) groups is 1. The van der Waals surface area contributed by atoms with Gasteiger partial charge < -0.3 is 15.3 Å². The molecule has 1 aliphatic heterocycles. The molecule has 0 amide bonds. The van der Waals surface area contributed by atoms with Crippen molar-refractivity contribution in [3.63, 3.8) is 0 Å². The molecule has 0 aromatic heterocycles. The Balaban J connectivity index is 1.69. The molecule has 3 aromatic rings. The average Bonchev–Trinajstić information content (AvgIpc) is 3.19. The van der Waals surface area contributed by atoms with E-state index in [-0.39, 0.29) is 11.8 Å². The first-order valence-electron chi connectivity index (χ1n) is 13.3. The number of anilines is 1. The van der Waals surface area contributed by atoms with E-state index >= 15 is 0 Å². The molecule has 0 bridgehead atoms. The molecule has 0 radical (unpaired) electrons. The normalized spacial score (nSPS) is 17.8. The number of aliphatic carboxylic acids is 1. The fourth-order valence-electron chi connectivity index (χ4n) is 5.11. The van der Waals surface area contributed by atoms with Gasteiger partial charge in [0.1, 0.15) is 0 Å². The van der Waals surface area contributed by atoms with Crippen LogP contribution >= 0.6 is 12.0 Å². The zero-order valence-electron chi connectivity index (χ0n) is 22.4. The van der Waals surface area contributed by atoms with Gasteiger partial charge in [-0.05, 0) is 73.4 Å². The molecule has 7 nitrogen and oxygen atoms in total. The van der Waals surface area contributed by atoms with Gasteiger partial charge in [0.2, 0.25) is 0 Å². The first kappa shape index (κ1) is 29.3. The molecule has 0 unspecified atom stereocenters. The Labute approximate surface area is 239 Å². The molecule has 208 valence electrons. The summed E-state index contributed by atoms with van der Waals surface area (Å²) in [6.45, 7) is 2.91. The van der Waals surface area contributed by atoms with Crippen LogP contribution in [0.3, 0.4) is 0 Å². The van der Waals surface area contributed by atoms with Gasteiger partial charge in [0.25, 0.3) is 0 Å². The van der Waals surface area contributed by atoms with Crippen molar-refractivity contribution in [2.75, 3.05) is 4.90 Å². The highest BCUT2D eigenvalue weighted by Gasteiger charge is 2.43. The number of hydrogen-bond donors (Lipinski definition) is 1. The van der Waals surface area contributed by atoms with E-state index in [4.69, 9.17) is 5.11 Å². The van der Waals surface area contributed by atoms with Crippen molar-refractivity contribution in [3.8, 4) is 0 Å². The van der Waals surface area contributed by atoms with E-state index in [9.17, 15) is 10.1 Å². The molecule has 1 heterocycles. The van der Waals surface area contributed by atoms with Crippen molar-refractivity contribution in [2.45, 2.75) is 55.9 Å². The Morgan fingerprint density at radius 1 is 1.02 bits per heavy atom. The largest absolute Gasteiger partial charge is 0.691 e. The van der Waals surface area contributed by atoms with E-state index < -0.39 is 5.97 Å². The quantitative estimate of drug-likeness (QED) is 0.0744. The van der Waals surface area contributed by atoms with Crippen molar-refractivity contribution in [2.24, 2.45) is 4.99 Å². The minimum absolute atomic E-state index is 0.174. The molecule has 0 fully saturated rings. The minimum Gasteiger partial charge on any atom is -0.691 e. The van der Waals surface area contributed by atoms with Crippen molar-refractivity contribution >= 4 is 35.6 Å². The molecule has 0 aliphatic carbocycles. The van der Waals surface area contributed by atoms with E-state index in [2.05, 4.69) is 56.5 Å². The molecule has 3 aromatic carbocycles. The molecule has 8 heteroatoms. The molecule has 0 spiro atoms. The lowest BCUT2D eigenvalue weighted by Crippen LogP contribution is -2.28. The molecule has 0 saturated heterocycles. The summed E-state index contributed by atoms with van der Waals surface area (Å²) in [5, 5.41) is 23.1. The van der Waals surface area contributed by atoms with Crippen LogP contribution in [0.15, 0.2) is 113 Å². The lowest BCUT2D eigenvalue weighted by Gasteiger charge is -2.30. The van der Waals surface area contributed by atoms with Gasteiger partial charge in [-0.3, -0.25) is 14.8 Å². The third-order valence-electron chi connectivity index (χ3n) is 7.05. The predicted molar refractivity (Wildman–Crippen MR) is 157 cm³/mol. The van der Waals surface area contributed by atoms with E-state index in [1.165, 1.54) is 5.56 Å². The predicted octanol–water partition coefficient (Wildman–Crippen LogP) is 7.07. The number of allylic oxidation sites excluding steroid dienone is 4. The number of hydrogen-bond acceptors (Lipinski definition) is 7. The number of fused-ring (bicyclic) bond motifs is 1. The Hall–Kier alpha value is -3.69. The maximum Gasteiger partial charge on any atom is 0.303 e. The van der Waals surface area contributed by atoms with Crippen LogP contribution in [0.2, 0.25) is 0 Å². The molecule has 1 atom stereocenters. The monoisotopic (exact) mass is 557 g/mol. The van der Waals surface area contributed by atoms with Crippen LogP contribution in [0.25, 0.3) is 0 Å². The number of aliphatic imine (C=N–C) groups is 1. The first-order valence-corrected chi connectivity index (χ1v) is 14.0. The van der Waals surface area contributed by atoms with Crippen LogP contribution < -0.4 is 10.2 Å². The maximum absolute atomic E-state index is 11.0. The van der Waals surface area contributed by atoms with Gasteiger partial charge in [0, 0.05) is 40.9 Å². The summed E-state index contributed by atoms with van der Waals surface area (Å²) < 4.78 is 4.61. The van der Waals surface area contributed by atoms with Crippen LogP contribution in [-0.4, -0.2) is 17.3 Å². The van der Waals surface area contributed by atoms with Gasteiger partial charge in [0.15, 0.2) is 0 Å². The van der Waals surface area contributed by atoms with Crippen molar-refractivity contribution in [1.29, 1.82) is 0 Å². The second-order valence-corrected chi connectivity index (χ2v) is 10.6. The number of para-hydroxylation sites is 1. The topological polar surface area (TPSA) is 94.4 Å². The van der Waals surface area contributed by atoms with Gasteiger partial charge in [-0.25, -0.2) is 0 Å². The number of nitrogens with zero attached hydrogens (tertiary/aromatic N) is 2. The highest BCUT2D eigenvalue weighted by Crippen LogP contribution is 2.52. The molecule has 1 aliphatic rings. The van der Waals surface area contributed by atoms with Gasteiger partial charge in [0.05, 0.1) is 17.7 Å². The van der Waals surface area contributed by atoms with E-state index in [0.29, 0.717) is 13.0 Å². The van der Waals surface area contributed by atoms with Gasteiger partial charge in [-0.15, -0.1) is 0 Å². The number of carboxylic acids is 1. The van der Waals surface area contributed by atoms with Crippen LogP contribution in [0, 0.1) is 0 Å². The number of rotatable bonds is 14. The lowest BCUT2D eigenvalue weighted by molar-refractivity contribution is -0.777. The maximum atomic E-state index is 11.0. The highest BCUT2D eigenvalue weighted by atomic mass is 32.2. The number of carboxylic acid groups (broad SMARTS) is 1. The number of unbranched alkanes of at least 4 members (excludes halogenated alkanes) is 2. The Kier molecular flexibility index (Phi) is 10.7. The third kappa shape index (κ3) is 7.70. The second-order valence-electron chi connectivity index (χ2n) is 9.81. The van der Waals surface area contributed by atoms with Gasteiger partial charge >= 0.3 is 5.97 Å². The van der Waals surface area contributed by atoms with Crippen LogP contribution in [0.1, 0.15) is 50.2 Å². The molecule has 4 rings (SSSR count). The lowest BCUT2D eigenvalue weighted by atomic mass is 9.77. The summed E-state index contributed by atoms with van der Waals surface area (Å²) in [6, 6.07) is 26.1. The Morgan fingerprint density at radius 2 is 1.77 bits per heavy atom. The summed E-state index contributed by atoms with van der Waals surface area (Å²) in [7, 11) is 0. The van der Waals surface area contributed by atoms with Crippen LogP contribution in [0.4, 0.5) is 11.4 Å². The molecule has 1 N–H and O–H groups in total. The molecular weight excluding hydrogens is 524 g/mol. The van der Waals surface area contributed by atoms with Crippen molar-refractivity contribution in [1.82, 2.24) is 0 Å². The molecule has 40 heavy (non-hydrogen) atoms. The fraction of sp³-hybridized carbons (Fsp3) is 0.250. The SMILES string of the molecule is C[C@]1(CCCCCC(=O)O)/C(=C/C=C/C=Nc2ccccc2)N(Cc2ccccc2)c2ccc(SOO[O-])cc21. The van der Waals surface area contributed by atoms with Gasteiger partial charge in [-0.2, -0.15) is 4.33 Å². The third-order valence-corrected chi connectivity index (χ3v) is 7.62. The summed E-state index contributed by atoms with van der Waals surface area (Å²) in [5.74, 6) is -0.767.